The monoisotopic (exact) mass is 358 g/mol. The van der Waals surface area contributed by atoms with E-state index in [1.807, 2.05) is 6.08 Å². The second-order valence-electron chi connectivity index (χ2n) is 8.30. The topological polar surface area (TPSA) is 0 Å². The summed E-state index contributed by atoms with van der Waals surface area (Å²) in [5, 5.41) is 0. The van der Waals surface area contributed by atoms with E-state index in [1.54, 1.807) is 12.1 Å². The standard InChI is InChI=1S/C24H32F2/c1-3-4-5-6-21-15-16-22(24(26)23(21)25)20-13-11-19(12-14-20)18-9-7-17(2)8-10-18/h11,13-19H,3-10,12H2,1-2H3. The number of benzene rings is 1. The molecule has 0 heterocycles. The summed E-state index contributed by atoms with van der Waals surface area (Å²) in [6.45, 7) is 4.46. The van der Waals surface area contributed by atoms with Crippen molar-refractivity contribution in [3.05, 3.63) is 53.1 Å². The molecule has 0 aromatic heterocycles. The minimum absolute atomic E-state index is 0.411. The molecule has 0 saturated heterocycles. The number of hydrogen-bond donors (Lipinski definition) is 0. The highest BCUT2D eigenvalue weighted by Crippen LogP contribution is 2.38. The zero-order valence-corrected chi connectivity index (χ0v) is 16.2. The van der Waals surface area contributed by atoms with Gasteiger partial charge in [0.1, 0.15) is 0 Å². The molecule has 0 N–H and O–H groups in total. The first-order chi connectivity index (χ1) is 12.6. The number of rotatable bonds is 6. The number of hydrogen-bond acceptors (Lipinski definition) is 0. The van der Waals surface area contributed by atoms with E-state index in [2.05, 4.69) is 26.0 Å². The quantitative estimate of drug-likeness (QED) is 0.462. The molecule has 142 valence electrons. The Morgan fingerprint density at radius 1 is 1.00 bits per heavy atom. The van der Waals surface area contributed by atoms with Crippen molar-refractivity contribution in [2.45, 2.75) is 71.6 Å². The van der Waals surface area contributed by atoms with Crippen LogP contribution >= 0.6 is 0 Å². The van der Waals surface area contributed by atoms with Gasteiger partial charge in [-0.25, -0.2) is 8.78 Å². The van der Waals surface area contributed by atoms with Gasteiger partial charge in [-0.3, -0.25) is 0 Å². The number of unbranched alkanes of at least 4 members (excludes halogenated alkanes) is 2. The molecule has 1 aromatic rings. The fourth-order valence-electron chi connectivity index (χ4n) is 4.47. The summed E-state index contributed by atoms with van der Waals surface area (Å²) in [5.41, 5.74) is 1.75. The van der Waals surface area contributed by atoms with Gasteiger partial charge in [-0.2, -0.15) is 0 Å². The Morgan fingerprint density at radius 3 is 2.42 bits per heavy atom. The SMILES string of the molecule is CCCCCc1ccc(C2=CCC(C3CCC(C)CC3)C=C2)c(F)c1F. The number of aryl methyl sites for hydroxylation is 1. The van der Waals surface area contributed by atoms with Crippen LogP contribution in [0.1, 0.15) is 76.3 Å². The van der Waals surface area contributed by atoms with Crippen molar-refractivity contribution < 1.29 is 8.78 Å². The zero-order valence-electron chi connectivity index (χ0n) is 16.2. The third-order valence-corrected chi connectivity index (χ3v) is 6.32. The van der Waals surface area contributed by atoms with E-state index < -0.39 is 11.6 Å². The van der Waals surface area contributed by atoms with E-state index >= 15 is 0 Å². The van der Waals surface area contributed by atoms with Crippen LogP contribution in [0.4, 0.5) is 8.78 Å². The molecule has 1 saturated carbocycles. The lowest BCUT2D eigenvalue weighted by Gasteiger charge is -2.32. The van der Waals surface area contributed by atoms with Crippen LogP contribution in [0.3, 0.4) is 0 Å². The first-order valence-electron chi connectivity index (χ1n) is 10.5. The van der Waals surface area contributed by atoms with E-state index in [4.69, 9.17) is 0 Å². The van der Waals surface area contributed by atoms with Crippen molar-refractivity contribution >= 4 is 5.57 Å². The molecule has 26 heavy (non-hydrogen) atoms. The molecule has 1 fully saturated rings. The molecule has 2 aliphatic carbocycles. The molecular weight excluding hydrogens is 326 g/mol. The molecule has 0 amide bonds. The van der Waals surface area contributed by atoms with E-state index in [9.17, 15) is 8.78 Å². The largest absolute Gasteiger partial charge is 0.203 e. The Bertz CT molecular complexity index is 663. The van der Waals surface area contributed by atoms with E-state index in [-0.39, 0.29) is 0 Å². The summed E-state index contributed by atoms with van der Waals surface area (Å²) in [4.78, 5) is 0. The molecule has 2 heteroatoms. The van der Waals surface area contributed by atoms with Crippen molar-refractivity contribution in [3.8, 4) is 0 Å². The zero-order chi connectivity index (χ0) is 18.5. The van der Waals surface area contributed by atoms with Crippen LogP contribution in [-0.4, -0.2) is 0 Å². The first-order valence-corrected chi connectivity index (χ1v) is 10.5. The lowest BCUT2D eigenvalue weighted by molar-refractivity contribution is 0.240. The van der Waals surface area contributed by atoms with Gasteiger partial charge in [0.15, 0.2) is 11.6 Å². The van der Waals surface area contributed by atoms with Crippen LogP contribution < -0.4 is 0 Å². The van der Waals surface area contributed by atoms with E-state index in [0.717, 1.165) is 43.1 Å². The molecule has 0 nitrogen and oxygen atoms in total. The predicted octanol–water partition coefficient (Wildman–Crippen LogP) is 7.48. The van der Waals surface area contributed by atoms with Crippen LogP contribution in [0.15, 0.2) is 30.4 Å². The maximum atomic E-state index is 14.6. The van der Waals surface area contributed by atoms with Gasteiger partial charge < -0.3 is 0 Å². The van der Waals surface area contributed by atoms with Crippen molar-refractivity contribution in [2.75, 3.05) is 0 Å². The molecule has 0 radical (unpaired) electrons. The van der Waals surface area contributed by atoms with E-state index in [1.165, 1.54) is 25.7 Å². The molecule has 1 aromatic carbocycles. The molecule has 2 aliphatic rings. The fraction of sp³-hybridized carbons (Fsp3) is 0.583. The summed E-state index contributed by atoms with van der Waals surface area (Å²) in [6, 6.07) is 3.53. The molecule has 1 atom stereocenters. The van der Waals surface area contributed by atoms with Crippen molar-refractivity contribution in [2.24, 2.45) is 17.8 Å². The smallest absolute Gasteiger partial charge is 0.166 e. The third kappa shape index (κ3) is 4.45. The minimum Gasteiger partial charge on any atom is -0.203 e. The van der Waals surface area contributed by atoms with Crippen LogP contribution in [-0.2, 0) is 6.42 Å². The lowest BCUT2D eigenvalue weighted by atomic mass is 9.73. The van der Waals surface area contributed by atoms with Crippen molar-refractivity contribution in [1.82, 2.24) is 0 Å². The normalized spacial score (nSPS) is 26.0. The Morgan fingerprint density at radius 2 is 1.77 bits per heavy atom. The molecule has 0 spiro atoms. The summed E-state index contributed by atoms with van der Waals surface area (Å²) in [5.74, 6) is 0.837. The van der Waals surface area contributed by atoms with E-state index in [0.29, 0.717) is 23.5 Å². The summed E-state index contributed by atoms with van der Waals surface area (Å²) in [6.07, 6.45) is 16.2. The Labute approximate surface area is 157 Å². The molecule has 3 rings (SSSR count). The van der Waals surface area contributed by atoms with Gasteiger partial charge >= 0.3 is 0 Å². The van der Waals surface area contributed by atoms with Gasteiger partial charge in [0.05, 0.1) is 0 Å². The van der Waals surface area contributed by atoms with Gasteiger partial charge in [-0.1, -0.05) is 69.9 Å². The van der Waals surface area contributed by atoms with Gasteiger partial charge in [0, 0.05) is 5.56 Å². The third-order valence-electron chi connectivity index (χ3n) is 6.32. The first kappa shape index (κ1) is 19.3. The average Bonchev–Trinajstić information content (AvgIpc) is 2.66. The minimum atomic E-state index is -0.681. The lowest BCUT2D eigenvalue weighted by Crippen LogP contribution is -2.20. The van der Waals surface area contributed by atoms with Crippen LogP contribution in [0.2, 0.25) is 0 Å². The summed E-state index contributed by atoms with van der Waals surface area (Å²) in [7, 11) is 0. The van der Waals surface area contributed by atoms with Crippen LogP contribution in [0, 0.1) is 29.4 Å². The van der Waals surface area contributed by atoms with Crippen LogP contribution in [0.25, 0.3) is 5.57 Å². The Kier molecular flexibility index (Phi) is 6.67. The predicted molar refractivity (Wildman–Crippen MR) is 106 cm³/mol. The van der Waals surface area contributed by atoms with Gasteiger partial charge in [-0.15, -0.1) is 0 Å². The highest BCUT2D eigenvalue weighted by atomic mass is 19.2. The maximum absolute atomic E-state index is 14.6. The Hall–Kier alpha value is -1.44. The highest BCUT2D eigenvalue weighted by molar-refractivity contribution is 5.75. The van der Waals surface area contributed by atoms with Crippen molar-refractivity contribution in [1.29, 1.82) is 0 Å². The number of allylic oxidation sites excluding steroid dienone is 4. The average molecular weight is 359 g/mol. The van der Waals surface area contributed by atoms with Gasteiger partial charge in [-0.05, 0) is 61.0 Å². The summed E-state index contributed by atoms with van der Waals surface area (Å²) < 4.78 is 29.0. The van der Waals surface area contributed by atoms with Gasteiger partial charge in [0.25, 0.3) is 0 Å². The second kappa shape index (κ2) is 8.97. The number of halogens is 2. The van der Waals surface area contributed by atoms with Crippen molar-refractivity contribution in [3.63, 3.8) is 0 Å². The Balaban J connectivity index is 1.66. The van der Waals surface area contributed by atoms with Crippen LogP contribution in [0.5, 0.6) is 0 Å². The highest BCUT2D eigenvalue weighted by Gasteiger charge is 2.26. The fourth-order valence-corrected chi connectivity index (χ4v) is 4.47. The summed E-state index contributed by atoms with van der Waals surface area (Å²) >= 11 is 0. The molecular formula is C24H32F2. The molecule has 0 aliphatic heterocycles. The molecule has 1 unspecified atom stereocenters. The molecule has 0 bridgehead atoms. The van der Waals surface area contributed by atoms with Gasteiger partial charge in [0.2, 0.25) is 0 Å². The second-order valence-corrected chi connectivity index (χ2v) is 8.30. The maximum Gasteiger partial charge on any atom is 0.166 e.